The van der Waals surface area contributed by atoms with Crippen molar-refractivity contribution < 1.29 is 17.9 Å². The quantitative estimate of drug-likeness (QED) is 0.485. The summed E-state index contributed by atoms with van der Waals surface area (Å²) >= 11 is 0. The fourth-order valence-electron chi connectivity index (χ4n) is 2.78. The molecular weight excluding hydrogens is 408 g/mol. The summed E-state index contributed by atoms with van der Waals surface area (Å²) in [6, 6.07) is 11.3. The van der Waals surface area contributed by atoms with E-state index < -0.39 is 10.0 Å². The zero-order chi connectivity index (χ0) is 21.3. The number of ether oxygens (including phenoxy) is 1. The summed E-state index contributed by atoms with van der Waals surface area (Å²) in [7, 11) is -3.75. The van der Waals surface area contributed by atoms with Crippen molar-refractivity contribution in [1.82, 2.24) is 9.97 Å². The highest BCUT2D eigenvalue weighted by Crippen LogP contribution is 2.32. The normalized spacial score (nSPS) is 13.1. The van der Waals surface area contributed by atoms with Gasteiger partial charge in [0, 0.05) is 23.1 Å². The number of amides is 1. The molecule has 3 aromatic rings. The number of anilines is 5. The van der Waals surface area contributed by atoms with Crippen LogP contribution in [0.1, 0.15) is 5.56 Å². The van der Waals surface area contributed by atoms with Crippen LogP contribution in [-0.2, 0) is 14.8 Å². The largest absolute Gasteiger partial charge is 0.482 e. The first-order valence-corrected chi connectivity index (χ1v) is 10.4. The van der Waals surface area contributed by atoms with Crippen LogP contribution in [0.15, 0.2) is 53.6 Å². The molecule has 0 aliphatic carbocycles. The van der Waals surface area contributed by atoms with Crippen molar-refractivity contribution in [3.8, 4) is 5.75 Å². The van der Waals surface area contributed by atoms with Gasteiger partial charge in [0.15, 0.2) is 6.61 Å². The number of aromatic nitrogens is 2. The predicted octanol–water partition coefficient (Wildman–Crippen LogP) is 2.25. The number of benzene rings is 2. The third-order valence-corrected chi connectivity index (χ3v) is 5.22. The fourth-order valence-corrected chi connectivity index (χ4v) is 3.30. The summed E-state index contributed by atoms with van der Waals surface area (Å²) in [5.74, 6) is 1.28. The van der Waals surface area contributed by atoms with Gasteiger partial charge in [0.1, 0.15) is 11.6 Å². The van der Waals surface area contributed by atoms with Crippen LogP contribution < -0.4 is 25.8 Å². The average molecular weight is 426 g/mol. The highest BCUT2D eigenvalue weighted by Gasteiger charge is 2.16. The van der Waals surface area contributed by atoms with Gasteiger partial charge in [-0.15, -0.1) is 0 Å². The number of carbonyl (C=O) groups excluding carboxylic acids is 1. The number of aryl methyl sites for hydroxylation is 1. The second kappa shape index (κ2) is 7.61. The Morgan fingerprint density at radius 2 is 1.83 bits per heavy atom. The smallest absolute Gasteiger partial charge is 0.262 e. The van der Waals surface area contributed by atoms with Gasteiger partial charge in [-0.25, -0.2) is 18.5 Å². The topological polar surface area (TPSA) is 148 Å². The van der Waals surface area contributed by atoms with Gasteiger partial charge in [0.05, 0.1) is 10.6 Å². The molecule has 30 heavy (non-hydrogen) atoms. The van der Waals surface area contributed by atoms with Crippen molar-refractivity contribution in [3.05, 3.63) is 54.2 Å². The van der Waals surface area contributed by atoms with Crippen LogP contribution >= 0.6 is 0 Å². The molecule has 0 spiro atoms. The lowest BCUT2D eigenvalue weighted by Crippen LogP contribution is -2.25. The number of hydrogen-bond acceptors (Lipinski definition) is 8. The zero-order valence-electron chi connectivity index (χ0n) is 15.8. The predicted molar refractivity (Wildman–Crippen MR) is 112 cm³/mol. The molecular formula is C19H18N6O4S. The number of fused-ring (bicyclic) bond motifs is 1. The number of primary sulfonamides is 1. The number of rotatable bonds is 5. The van der Waals surface area contributed by atoms with Crippen LogP contribution in [0, 0.1) is 6.92 Å². The molecule has 0 saturated heterocycles. The molecule has 2 aromatic carbocycles. The number of nitrogens with two attached hydrogens (primary N) is 1. The molecule has 0 atom stereocenters. The number of carbonyl (C=O) groups is 1. The molecule has 0 bridgehead atoms. The van der Waals surface area contributed by atoms with E-state index in [9.17, 15) is 13.2 Å². The molecule has 2 heterocycles. The molecule has 5 N–H and O–H groups in total. The second-order valence-electron chi connectivity index (χ2n) is 6.59. The SMILES string of the molecule is Cc1cnc(Nc2ccc(S(N)(=O)=O)cc2)nc1Nc1ccc2c(c1)NC(=O)CO2. The van der Waals surface area contributed by atoms with E-state index in [1.54, 1.807) is 30.5 Å². The second-order valence-corrected chi connectivity index (χ2v) is 8.15. The number of hydrogen-bond donors (Lipinski definition) is 4. The molecule has 4 rings (SSSR count). The minimum atomic E-state index is -3.75. The maximum absolute atomic E-state index is 11.5. The van der Waals surface area contributed by atoms with Gasteiger partial charge < -0.3 is 20.7 Å². The van der Waals surface area contributed by atoms with Crippen LogP contribution in [0.5, 0.6) is 5.75 Å². The lowest BCUT2D eigenvalue weighted by molar-refractivity contribution is -0.118. The molecule has 1 aliphatic heterocycles. The Bertz CT molecular complexity index is 1230. The van der Waals surface area contributed by atoms with Crippen LogP contribution in [0.3, 0.4) is 0 Å². The average Bonchev–Trinajstić information content (AvgIpc) is 2.70. The number of nitrogens with one attached hydrogen (secondary N) is 3. The molecule has 1 aromatic heterocycles. The first-order chi connectivity index (χ1) is 14.3. The summed E-state index contributed by atoms with van der Waals surface area (Å²) in [5.41, 5.74) is 2.70. The third kappa shape index (κ3) is 4.31. The van der Waals surface area contributed by atoms with Gasteiger partial charge >= 0.3 is 0 Å². The van der Waals surface area contributed by atoms with Gasteiger partial charge in [-0.1, -0.05) is 0 Å². The Kier molecular flexibility index (Phi) is 4.98. The minimum Gasteiger partial charge on any atom is -0.482 e. The number of sulfonamides is 1. The van der Waals surface area contributed by atoms with Crippen LogP contribution in [-0.4, -0.2) is 30.9 Å². The van der Waals surface area contributed by atoms with E-state index in [0.29, 0.717) is 34.6 Å². The van der Waals surface area contributed by atoms with Gasteiger partial charge in [0.2, 0.25) is 16.0 Å². The molecule has 0 fully saturated rings. The van der Waals surface area contributed by atoms with E-state index in [1.165, 1.54) is 12.1 Å². The van der Waals surface area contributed by atoms with E-state index in [0.717, 1.165) is 5.56 Å². The maximum atomic E-state index is 11.5. The molecule has 10 nitrogen and oxygen atoms in total. The van der Waals surface area contributed by atoms with Gasteiger partial charge in [-0.3, -0.25) is 4.79 Å². The van der Waals surface area contributed by atoms with Gasteiger partial charge in [-0.05, 0) is 49.4 Å². The van der Waals surface area contributed by atoms with Gasteiger partial charge in [-0.2, -0.15) is 4.98 Å². The van der Waals surface area contributed by atoms with Crippen molar-refractivity contribution >= 4 is 44.8 Å². The van der Waals surface area contributed by atoms with Crippen LogP contribution in [0.4, 0.5) is 28.8 Å². The number of nitrogens with zero attached hydrogens (tertiary/aromatic N) is 2. The highest BCUT2D eigenvalue weighted by atomic mass is 32.2. The van der Waals surface area contributed by atoms with Gasteiger partial charge in [0.25, 0.3) is 5.91 Å². The Morgan fingerprint density at radius 1 is 1.10 bits per heavy atom. The van der Waals surface area contributed by atoms with Crippen LogP contribution in [0.25, 0.3) is 0 Å². The summed E-state index contributed by atoms with van der Waals surface area (Å²) < 4.78 is 28.1. The van der Waals surface area contributed by atoms with E-state index in [1.807, 2.05) is 13.0 Å². The van der Waals surface area contributed by atoms with Crippen LogP contribution in [0.2, 0.25) is 0 Å². The Labute approximate surface area is 172 Å². The Hall–Kier alpha value is -3.70. The van der Waals surface area contributed by atoms with E-state index >= 15 is 0 Å². The molecule has 0 saturated carbocycles. The first-order valence-electron chi connectivity index (χ1n) is 8.85. The fraction of sp³-hybridized carbons (Fsp3) is 0.105. The van der Waals surface area contributed by atoms with Crippen molar-refractivity contribution in [2.75, 3.05) is 22.6 Å². The molecule has 11 heteroatoms. The Morgan fingerprint density at radius 3 is 2.57 bits per heavy atom. The molecule has 0 unspecified atom stereocenters. The molecule has 0 radical (unpaired) electrons. The van der Waals surface area contributed by atoms with Crippen molar-refractivity contribution in [1.29, 1.82) is 0 Å². The monoisotopic (exact) mass is 426 g/mol. The minimum absolute atomic E-state index is 0.00197. The molecule has 1 amide bonds. The van der Waals surface area contributed by atoms with Crippen molar-refractivity contribution in [2.24, 2.45) is 5.14 Å². The lowest BCUT2D eigenvalue weighted by Gasteiger charge is -2.19. The molecule has 154 valence electrons. The Balaban J connectivity index is 1.54. The van der Waals surface area contributed by atoms with Crippen molar-refractivity contribution in [3.63, 3.8) is 0 Å². The first kappa shape index (κ1) is 19.6. The highest BCUT2D eigenvalue weighted by molar-refractivity contribution is 7.89. The summed E-state index contributed by atoms with van der Waals surface area (Å²) in [5, 5.41) is 14.1. The maximum Gasteiger partial charge on any atom is 0.262 e. The van der Waals surface area contributed by atoms with Crippen molar-refractivity contribution in [2.45, 2.75) is 11.8 Å². The third-order valence-electron chi connectivity index (χ3n) is 4.29. The lowest BCUT2D eigenvalue weighted by atomic mass is 10.2. The molecule has 1 aliphatic rings. The standard InChI is InChI=1S/C19H18N6O4S/c1-11-9-21-19(23-12-2-5-14(6-3-12)30(20,27)28)25-18(11)22-13-4-7-16-15(8-13)24-17(26)10-29-16/h2-9H,10H2,1H3,(H,24,26)(H2,20,27,28)(H2,21,22,23,25). The van der Waals surface area contributed by atoms with E-state index in [4.69, 9.17) is 9.88 Å². The zero-order valence-corrected chi connectivity index (χ0v) is 16.7. The summed E-state index contributed by atoms with van der Waals surface area (Å²) in [6.07, 6.45) is 1.65. The van der Waals surface area contributed by atoms with E-state index in [2.05, 4.69) is 25.9 Å². The summed E-state index contributed by atoms with van der Waals surface area (Å²) in [4.78, 5) is 20.2. The summed E-state index contributed by atoms with van der Waals surface area (Å²) in [6.45, 7) is 1.86. The van der Waals surface area contributed by atoms with E-state index in [-0.39, 0.29) is 17.4 Å².